The molecule has 0 spiro atoms. The number of hydrogen-bond donors (Lipinski definition) is 1. The van der Waals surface area contributed by atoms with Crippen LogP contribution in [0.15, 0.2) is 16.3 Å². The van der Waals surface area contributed by atoms with Crippen molar-refractivity contribution in [3.05, 3.63) is 17.0 Å². The lowest BCUT2D eigenvalue weighted by molar-refractivity contribution is -0.134. The van der Waals surface area contributed by atoms with Crippen LogP contribution in [0.5, 0.6) is 0 Å². The van der Waals surface area contributed by atoms with E-state index in [9.17, 15) is 13.2 Å². The smallest absolute Gasteiger partial charge is 0.250 e. The minimum Gasteiger partial charge on any atom is -0.341 e. The van der Waals surface area contributed by atoms with Crippen molar-refractivity contribution < 1.29 is 13.2 Å². The summed E-state index contributed by atoms with van der Waals surface area (Å²) in [6, 6.07) is 2.78. The van der Waals surface area contributed by atoms with Gasteiger partial charge in [0, 0.05) is 18.0 Å². The summed E-state index contributed by atoms with van der Waals surface area (Å²) in [5.41, 5.74) is 0. The number of likely N-dealkylation sites (tertiary alicyclic amines) is 1. The molecule has 5 nitrogen and oxygen atoms in total. The van der Waals surface area contributed by atoms with E-state index in [1.165, 1.54) is 11.3 Å². The van der Waals surface area contributed by atoms with Gasteiger partial charge in [0.25, 0.3) is 10.0 Å². The number of amides is 1. The molecular weight excluding hydrogens is 344 g/mol. The highest BCUT2D eigenvalue weighted by Gasteiger charge is 2.31. The maximum atomic E-state index is 12.8. The van der Waals surface area contributed by atoms with E-state index in [0.717, 1.165) is 43.6 Å². The van der Waals surface area contributed by atoms with Gasteiger partial charge in [-0.25, -0.2) is 8.42 Å². The van der Waals surface area contributed by atoms with Gasteiger partial charge in [-0.2, -0.15) is 4.72 Å². The first kappa shape index (κ1) is 19.4. The molecule has 0 aliphatic carbocycles. The average Bonchev–Trinajstić information content (AvgIpc) is 3.04. The molecule has 1 aliphatic rings. The number of rotatable bonds is 7. The number of nitrogens with zero attached hydrogens (tertiary/aromatic N) is 1. The monoisotopic (exact) mass is 372 g/mol. The summed E-state index contributed by atoms with van der Waals surface area (Å²) in [5, 5.41) is 0. The van der Waals surface area contributed by atoms with E-state index in [1.54, 1.807) is 6.07 Å². The minimum absolute atomic E-state index is 0.0840. The van der Waals surface area contributed by atoms with E-state index in [0.29, 0.717) is 10.6 Å². The Morgan fingerprint density at radius 3 is 2.46 bits per heavy atom. The summed E-state index contributed by atoms with van der Waals surface area (Å²) in [5.74, 6) is 0.153. The van der Waals surface area contributed by atoms with Crippen LogP contribution in [0.1, 0.15) is 51.3 Å². The van der Waals surface area contributed by atoms with Crippen LogP contribution in [0.25, 0.3) is 0 Å². The van der Waals surface area contributed by atoms with E-state index in [2.05, 4.69) is 4.72 Å². The second-order valence-corrected chi connectivity index (χ2v) is 9.87. The number of nitrogens with one attached hydrogen (secondary N) is 1. The Balaban J connectivity index is 2.16. The highest BCUT2D eigenvalue weighted by atomic mass is 32.2. The third kappa shape index (κ3) is 5.04. The zero-order valence-electron chi connectivity index (χ0n) is 14.7. The van der Waals surface area contributed by atoms with Crippen molar-refractivity contribution in [1.82, 2.24) is 9.62 Å². The summed E-state index contributed by atoms with van der Waals surface area (Å²) in [4.78, 5) is 15.6. The van der Waals surface area contributed by atoms with Crippen molar-refractivity contribution in [3.63, 3.8) is 0 Å². The molecule has 0 bridgehead atoms. The van der Waals surface area contributed by atoms with Gasteiger partial charge < -0.3 is 4.90 Å². The van der Waals surface area contributed by atoms with E-state index in [-0.39, 0.29) is 11.8 Å². The Kier molecular flexibility index (Phi) is 6.83. The molecule has 0 radical (unpaired) electrons. The van der Waals surface area contributed by atoms with Crippen molar-refractivity contribution in [1.29, 1.82) is 0 Å². The molecule has 0 aromatic carbocycles. The first-order chi connectivity index (χ1) is 11.3. The summed E-state index contributed by atoms with van der Waals surface area (Å²) < 4.78 is 28.3. The summed E-state index contributed by atoms with van der Waals surface area (Å²) in [6.07, 6.45) is 4.46. The molecule has 24 heavy (non-hydrogen) atoms. The van der Waals surface area contributed by atoms with E-state index >= 15 is 0 Å². The predicted molar refractivity (Wildman–Crippen MR) is 97.7 cm³/mol. The fourth-order valence-electron chi connectivity index (χ4n) is 2.94. The van der Waals surface area contributed by atoms with Crippen molar-refractivity contribution in [3.8, 4) is 0 Å². The van der Waals surface area contributed by atoms with Gasteiger partial charge in [0.1, 0.15) is 10.3 Å². The maximum absolute atomic E-state index is 12.8. The SMILES string of the molecule is CCc1ccc(S(=O)(=O)N[C@@H](CC(C)C)C(=O)N2CCCCC2)s1. The minimum atomic E-state index is -3.66. The zero-order chi connectivity index (χ0) is 17.7. The summed E-state index contributed by atoms with van der Waals surface area (Å²) >= 11 is 1.27. The van der Waals surface area contributed by atoms with Gasteiger partial charge in [0.15, 0.2) is 0 Å². The molecule has 2 rings (SSSR count). The normalized spacial score (nSPS) is 17.2. The van der Waals surface area contributed by atoms with E-state index in [1.807, 2.05) is 31.7 Å². The highest BCUT2D eigenvalue weighted by Crippen LogP contribution is 2.23. The van der Waals surface area contributed by atoms with Crippen molar-refractivity contribution in [2.75, 3.05) is 13.1 Å². The van der Waals surface area contributed by atoms with E-state index < -0.39 is 16.1 Å². The lowest BCUT2D eigenvalue weighted by atomic mass is 10.0. The molecule has 1 fully saturated rings. The topological polar surface area (TPSA) is 66.5 Å². The highest BCUT2D eigenvalue weighted by molar-refractivity contribution is 7.91. The molecule has 1 aliphatic heterocycles. The van der Waals surface area contributed by atoms with Crippen LogP contribution in [-0.4, -0.2) is 38.4 Å². The molecule has 1 amide bonds. The number of piperidine rings is 1. The number of carbonyl (C=O) groups is 1. The Labute approximate surface area is 149 Å². The van der Waals surface area contributed by atoms with Crippen LogP contribution in [0.2, 0.25) is 0 Å². The van der Waals surface area contributed by atoms with Crippen LogP contribution in [0, 0.1) is 5.92 Å². The average molecular weight is 373 g/mol. The van der Waals surface area contributed by atoms with Crippen LogP contribution in [0.3, 0.4) is 0 Å². The third-order valence-corrected chi connectivity index (χ3v) is 7.41. The lowest BCUT2D eigenvalue weighted by Crippen LogP contribution is -2.50. The van der Waals surface area contributed by atoms with Gasteiger partial charge in [0.2, 0.25) is 5.91 Å². The molecule has 0 unspecified atom stereocenters. The molecule has 2 heterocycles. The quantitative estimate of drug-likeness (QED) is 0.800. The number of carbonyl (C=O) groups excluding carboxylic acids is 1. The van der Waals surface area contributed by atoms with Gasteiger partial charge in [-0.1, -0.05) is 20.8 Å². The summed E-state index contributed by atoms with van der Waals surface area (Å²) in [6.45, 7) is 7.47. The standard InChI is InChI=1S/C17H28N2O3S2/c1-4-14-8-9-16(23-14)24(21,22)18-15(12-13(2)3)17(20)19-10-6-5-7-11-19/h8-9,13,15,18H,4-7,10-12H2,1-3H3/t15-/m0/s1. The molecule has 1 aromatic heterocycles. The lowest BCUT2D eigenvalue weighted by Gasteiger charge is -2.31. The Bertz CT molecular complexity index is 647. The first-order valence-electron chi connectivity index (χ1n) is 8.73. The molecule has 136 valence electrons. The van der Waals surface area contributed by atoms with Gasteiger partial charge in [-0.3, -0.25) is 4.79 Å². The second kappa shape index (κ2) is 8.45. The fraction of sp³-hybridized carbons (Fsp3) is 0.706. The van der Waals surface area contributed by atoms with Gasteiger partial charge in [-0.15, -0.1) is 11.3 Å². The molecule has 0 saturated carbocycles. The molecule has 7 heteroatoms. The Morgan fingerprint density at radius 2 is 1.92 bits per heavy atom. The van der Waals surface area contributed by atoms with Crippen molar-refractivity contribution in [2.45, 2.75) is 63.1 Å². The predicted octanol–water partition coefficient (Wildman–Crippen LogP) is 3.02. The van der Waals surface area contributed by atoms with E-state index in [4.69, 9.17) is 0 Å². The second-order valence-electron chi connectivity index (χ2n) is 6.76. The third-order valence-electron chi connectivity index (χ3n) is 4.22. The Morgan fingerprint density at radius 1 is 1.25 bits per heavy atom. The number of sulfonamides is 1. The van der Waals surface area contributed by atoms with Gasteiger partial charge in [-0.05, 0) is 50.2 Å². The van der Waals surface area contributed by atoms with Gasteiger partial charge >= 0.3 is 0 Å². The molecule has 1 N–H and O–H groups in total. The first-order valence-corrected chi connectivity index (χ1v) is 11.0. The Hall–Kier alpha value is -0.920. The fourth-order valence-corrected chi connectivity index (χ4v) is 5.46. The van der Waals surface area contributed by atoms with Crippen molar-refractivity contribution in [2.24, 2.45) is 5.92 Å². The number of aryl methyl sites for hydroxylation is 1. The van der Waals surface area contributed by atoms with Crippen LogP contribution in [-0.2, 0) is 21.2 Å². The zero-order valence-corrected chi connectivity index (χ0v) is 16.4. The molecule has 1 atom stereocenters. The maximum Gasteiger partial charge on any atom is 0.250 e. The van der Waals surface area contributed by atoms with Crippen LogP contribution >= 0.6 is 11.3 Å². The van der Waals surface area contributed by atoms with Crippen LogP contribution < -0.4 is 4.72 Å². The van der Waals surface area contributed by atoms with Gasteiger partial charge in [0.05, 0.1) is 0 Å². The number of thiophene rings is 1. The number of hydrogen-bond acceptors (Lipinski definition) is 4. The summed E-state index contributed by atoms with van der Waals surface area (Å²) in [7, 11) is -3.66. The van der Waals surface area contributed by atoms with Crippen molar-refractivity contribution >= 4 is 27.3 Å². The largest absolute Gasteiger partial charge is 0.341 e. The molecule has 1 aromatic rings. The molecule has 1 saturated heterocycles. The van der Waals surface area contributed by atoms with Crippen LogP contribution in [0.4, 0.5) is 0 Å². The molecular formula is C17H28N2O3S2.